The van der Waals surface area contributed by atoms with Gasteiger partial charge in [-0.1, -0.05) is 93.6 Å². The highest BCUT2D eigenvalue weighted by Crippen LogP contribution is 2.48. The van der Waals surface area contributed by atoms with Crippen LogP contribution < -0.4 is 53.0 Å². The largest absolute Gasteiger partial charge is 0.527 e. The fourth-order valence-corrected chi connectivity index (χ4v) is 14.7. The molecule has 1 fully saturated rings. The van der Waals surface area contributed by atoms with Crippen LogP contribution in [0.1, 0.15) is 127 Å². The van der Waals surface area contributed by atoms with Gasteiger partial charge in [-0.15, -0.1) is 0 Å². The predicted molar refractivity (Wildman–Crippen MR) is 369 cm³/mol. The van der Waals surface area contributed by atoms with Crippen LogP contribution in [0.3, 0.4) is 0 Å². The monoisotopic (exact) mass is 1430 g/mol. The van der Waals surface area contributed by atoms with Crippen LogP contribution in [0.4, 0.5) is 19.7 Å². The van der Waals surface area contributed by atoms with Crippen LogP contribution in [0.25, 0.3) is 33.4 Å². The molecule has 12 rings (SSSR count). The van der Waals surface area contributed by atoms with Gasteiger partial charge in [0.05, 0.1) is 61.1 Å². The Hall–Kier alpha value is -10.9. The Morgan fingerprint density at radius 2 is 1.52 bits per heavy atom. The number of aromatic nitrogens is 2. The van der Waals surface area contributed by atoms with Crippen molar-refractivity contribution in [3.8, 4) is 28.3 Å². The first-order valence-corrected chi connectivity index (χ1v) is 35.3. The van der Waals surface area contributed by atoms with E-state index in [1.54, 1.807) is 39.8 Å². The third kappa shape index (κ3) is 15.4. The van der Waals surface area contributed by atoms with Crippen molar-refractivity contribution in [2.45, 2.75) is 141 Å². The predicted octanol–water partition coefficient (Wildman–Crippen LogP) is 6.31. The Kier molecular flexibility index (Phi) is 20.9. The number of amides is 8. The first kappa shape index (κ1) is 71.9. The number of fused-ring (bicyclic) bond motifs is 8. The number of anilines is 1. The second-order valence-corrected chi connectivity index (χ2v) is 27.7. The Morgan fingerprint density at radius 1 is 0.806 bits per heavy atom. The second kappa shape index (κ2) is 30.0. The molecule has 30 heteroatoms. The molecule has 5 aliphatic rings. The number of aliphatic hydroxyl groups is 1. The first-order valence-electron chi connectivity index (χ1n) is 33.8. The summed E-state index contributed by atoms with van der Waals surface area (Å²) in [5.41, 5.74) is 11.1. The van der Waals surface area contributed by atoms with Crippen LogP contribution >= 0.6 is 7.82 Å². The lowest BCUT2D eigenvalue weighted by Gasteiger charge is -2.31. The average Bonchev–Trinajstić information content (AvgIpc) is 1.04. The fourth-order valence-electron chi connectivity index (χ4n) is 14.0. The van der Waals surface area contributed by atoms with Crippen molar-refractivity contribution in [1.29, 1.82) is 0 Å². The van der Waals surface area contributed by atoms with Crippen LogP contribution in [-0.4, -0.2) is 117 Å². The highest BCUT2D eigenvalue weighted by molar-refractivity contribution is 7.47. The normalized spacial score (nSPS) is 18.2. The molecule has 5 heterocycles. The van der Waals surface area contributed by atoms with Crippen LogP contribution in [0.2, 0.25) is 0 Å². The minimum Gasteiger partial charge on any atom is -0.464 e. The van der Waals surface area contributed by atoms with Gasteiger partial charge in [0.2, 0.25) is 29.5 Å². The Morgan fingerprint density at radius 3 is 2.21 bits per heavy atom. The highest BCUT2D eigenvalue weighted by Gasteiger charge is 2.46. The molecule has 8 amide bonds. The SMILES string of the molecule is CC[C@@]1(O)C(=O)OCc2c1cc1n(c2=O)Cc2c-1nc1cc(F)c(C)c3c1c2[C@@H](NC(=O)Cc1cccc(OP(=O)(O)OCc2ccc(NC(=O)[C@H](CCCNC(N)=O)NC(=O)[C@@H](NC(=O)[C@H](CC(=O)N[C@H]4CCOC4=O)NC(=O)OCC4c5ccccc5-c5ccccc54)C(C)C)cc2)c1)CC3. The molecule has 0 radical (unpaired) electrons. The van der Waals surface area contributed by atoms with Gasteiger partial charge in [-0.3, -0.25) is 38.2 Å². The maximum Gasteiger partial charge on any atom is 0.527 e. The van der Waals surface area contributed by atoms with E-state index in [1.807, 2.05) is 48.5 Å². The van der Waals surface area contributed by atoms with E-state index in [4.69, 9.17) is 34.0 Å². The van der Waals surface area contributed by atoms with E-state index in [2.05, 4.69) is 37.2 Å². The number of cyclic esters (lactones) is 2. The molecule has 11 N–H and O–H groups in total. The minimum atomic E-state index is -4.86. The molecule has 2 aliphatic carbocycles. The Bertz CT molecular complexity index is 4680. The molecule has 7 atom stereocenters. The van der Waals surface area contributed by atoms with E-state index in [0.29, 0.717) is 62.9 Å². The zero-order valence-corrected chi connectivity index (χ0v) is 57.5. The lowest BCUT2D eigenvalue weighted by Crippen LogP contribution is -2.58. The number of ether oxygens (including phenoxy) is 3. The molecular formula is C73H76FN10O18P. The zero-order chi connectivity index (χ0) is 73.2. The van der Waals surface area contributed by atoms with Gasteiger partial charge in [0.25, 0.3) is 5.56 Å². The summed E-state index contributed by atoms with van der Waals surface area (Å²) >= 11 is 0. The second-order valence-electron chi connectivity index (χ2n) is 26.3. The van der Waals surface area contributed by atoms with Crippen LogP contribution in [0.5, 0.6) is 5.75 Å². The Balaban J connectivity index is 0.667. The summed E-state index contributed by atoms with van der Waals surface area (Å²) in [6.07, 6.45) is -1.01. The number of alkyl carbamates (subject to hydrolysis) is 1. The molecule has 3 aliphatic heterocycles. The van der Waals surface area contributed by atoms with Gasteiger partial charge in [-0.05, 0) is 125 Å². The summed E-state index contributed by atoms with van der Waals surface area (Å²) in [7, 11) is -4.86. The number of carbonyl (C=O) groups is 9. The number of halogens is 1. The molecule has 1 unspecified atom stereocenters. The molecule has 5 aromatic carbocycles. The fraction of sp³-hybridized carbons (Fsp3) is 0.356. The number of nitrogens with one attached hydrogen (secondary N) is 7. The van der Waals surface area contributed by atoms with Crippen molar-refractivity contribution < 1.29 is 85.4 Å². The highest BCUT2D eigenvalue weighted by atomic mass is 31.2. The third-order valence-corrected chi connectivity index (χ3v) is 20.2. The number of benzene rings is 5. The summed E-state index contributed by atoms with van der Waals surface area (Å²) in [4.78, 5) is 150. The molecular weight excluding hydrogens is 1350 g/mol. The topological polar surface area (TPSA) is 402 Å². The van der Waals surface area contributed by atoms with Crippen molar-refractivity contribution in [2.75, 3.05) is 25.1 Å². The molecule has 103 heavy (non-hydrogen) atoms. The number of hydrogen-bond acceptors (Lipinski definition) is 18. The van der Waals surface area contributed by atoms with Crippen molar-refractivity contribution in [1.82, 2.24) is 41.5 Å². The molecule has 538 valence electrons. The van der Waals surface area contributed by atoms with Gasteiger partial charge in [0.1, 0.15) is 48.9 Å². The van der Waals surface area contributed by atoms with Gasteiger partial charge < -0.3 is 71.4 Å². The van der Waals surface area contributed by atoms with Gasteiger partial charge in [0.15, 0.2) is 5.60 Å². The number of aryl methyl sites for hydroxylation is 1. The number of primary amides is 1. The molecule has 2 aromatic heterocycles. The van der Waals surface area contributed by atoms with E-state index in [9.17, 15) is 62.5 Å². The van der Waals surface area contributed by atoms with E-state index >= 15 is 4.39 Å². The number of esters is 2. The quantitative estimate of drug-likeness (QED) is 0.0123. The van der Waals surface area contributed by atoms with Crippen LogP contribution in [-0.2, 0) is 95.1 Å². The number of urea groups is 1. The number of rotatable bonds is 26. The average molecular weight is 1430 g/mol. The summed E-state index contributed by atoms with van der Waals surface area (Å²) < 4.78 is 57.2. The van der Waals surface area contributed by atoms with Crippen molar-refractivity contribution >= 4 is 78.0 Å². The van der Waals surface area contributed by atoms with Crippen molar-refractivity contribution in [3.63, 3.8) is 0 Å². The smallest absolute Gasteiger partial charge is 0.464 e. The molecule has 0 bridgehead atoms. The van der Waals surface area contributed by atoms with E-state index < -0.39 is 128 Å². The summed E-state index contributed by atoms with van der Waals surface area (Å²) in [6, 6.07) is 23.3. The van der Waals surface area contributed by atoms with Gasteiger partial charge in [0, 0.05) is 47.2 Å². The number of nitrogens with zero attached hydrogens (tertiary/aromatic N) is 2. The molecule has 0 spiro atoms. The van der Waals surface area contributed by atoms with Crippen molar-refractivity contribution in [2.24, 2.45) is 11.7 Å². The number of carbonyl (C=O) groups excluding carboxylic acids is 9. The van der Waals surface area contributed by atoms with Gasteiger partial charge in [-0.2, -0.15) is 0 Å². The molecule has 0 saturated carbocycles. The summed E-state index contributed by atoms with van der Waals surface area (Å²) in [5, 5.41) is 30.7. The van der Waals surface area contributed by atoms with E-state index in [0.717, 1.165) is 27.8 Å². The number of hydrogen-bond donors (Lipinski definition) is 10. The van der Waals surface area contributed by atoms with Crippen LogP contribution in [0, 0.1) is 18.7 Å². The minimum absolute atomic E-state index is 0.0153. The van der Waals surface area contributed by atoms with Gasteiger partial charge in [-0.25, -0.2) is 33.1 Å². The maximum absolute atomic E-state index is 15.6. The third-order valence-electron chi connectivity index (χ3n) is 19.3. The standard InChI is InChI=1S/C73H76FN10O18P/c1-5-73(95)51-30-58-64-48(33-84(58)68(90)50(51)36-99-70(73)92)62-53(24-23-43-38(4)52(74)31-56(80-64)61(43)62)78-59(85)29-40-12-10-13-42(28-40)102-103(96,97)101-34-39-19-21-41(22-20-39)77-65(87)54(18-11-26-76-71(75)93)81-67(89)63(37(2)3)83-66(88)57(32-60(86)79-55-25-27-98-69(55)91)82-72(94)100-35-49-46-16-8-6-14-44(46)45-15-7-9-17-47(45)49/h6-10,12-17,19-22,28,30-31,37,49,53-55,57,63,95H,5,11,18,23-27,29,32-36H2,1-4H3,(H,77,87)(H,78,85)(H,79,86)(H,81,89)(H,82,94)(H,83,88)(H,96,97)(H3,75,76,93)/t53-,54-,55-,57-,63-,73-/m0/s1. The Labute approximate surface area is 588 Å². The van der Waals surface area contributed by atoms with Gasteiger partial charge >= 0.3 is 31.9 Å². The van der Waals surface area contributed by atoms with Crippen molar-refractivity contribution in [3.05, 3.63) is 181 Å². The summed E-state index contributed by atoms with van der Waals surface area (Å²) in [6.45, 7) is 5.70. The number of nitrogens with two attached hydrogens (primary N) is 1. The van der Waals surface area contributed by atoms with E-state index in [-0.39, 0.29) is 93.5 Å². The number of phosphoric ester groups is 1. The maximum atomic E-state index is 15.6. The lowest BCUT2D eigenvalue weighted by atomic mass is 9.81. The first-order chi connectivity index (χ1) is 49.3. The molecule has 28 nitrogen and oxygen atoms in total. The molecule has 1 saturated heterocycles. The summed E-state index contributed by atoms with van der Waals surface area (Å²) in [5.74, 6) is -6.89. The van der Waals surface area contributed by atoms with Crippen LogP contribution in [0.15, 0.2) is 114 Å². The van der Waals surface area contributed by atoms with E-state index in [1.165, 1.54) is 53.1 Å². The number of phosphoric acid groups is 1. The number of pyridine rings is 2. The molecule has 7 aromatic rings. The lowest BCUT2D eigenvalue weighted by molar-refractivity contribution is -0.172. The zero-order valence-electron chi connectivity index (χ0n) is 56.6.